The summed E-state index contributed by atoms with van der Waals surface area (Å²) in [4.78, 5) is 2.48. The van der Waals surface area contributed by atoms with Gasteiger partial charge in [-0.1, -0.05) is 97.1 Å². The molecule has 0 saturated carbocycles. The summed E-state index contributed by atoms with van der Waals surface area (Å²) in [7, 11) is 0. The van der Waals surface area contributed by atoms with Gasteiger partial charge in [0.05, 0.1) is 39.5 Å². The van der Waals surface area contributed by atoms with E-state index in [1.54, 1.807) is 0 Å². The van der Waals surface area contributed by atoms with Crippen LogP contribution in [-0.4, -0.2) is 15.2 Å². The number of nitrogens with zero attached hydrogens (tertiary/aromatic N) is 3. The zero-order chi connectivity index (χ0) is 30.2. The van der Waals surface area contributed by atoms with E-state index in [2.05, 4.69) is 172 Å². The van der Waals surface area contributed by atoms with Crippen molar-refractivity contribution in [1.29, 1.82) is 0 Å². The molecule has 1 aliphatic carbocycles. The van der Waals surface area contributed by atoms with Crippen LogP contribution in [0.3, 0.4) is 0 Å². The van der Waals surface area contributed by atoms with Crippen LogP contribution in [0.1, 0.15) is 6.42 Å². The fourth-order valence-corrected chi connectivity index (χ4v) is 7.60. The van der Waals surface area contributed by atoms with Gasteiger partial charge in [-0.15, -0.1) is 0 Å². The second-order valence-corrected chi connectivity index (χ2v) is 12.1. The predicted octanol–water partition coefficient (Wildman–Crippen LogP) is 11.0. The molecule has 0 N–H and O–H groups in total. The standard InChI is InChI=1S/C42H29N3O/c1-2-12-28(13-3-1)43-39-26-29(44-35-18-8-4-14-31(35)32-15-5-9-19-36(32)44)22-24-41(39)46-42-25-23-30(27-40(42)43)45-37-20-10-6-16-33(37)34-17-7-11-21-38(34)45/h1-12,14-28H,13H2. The Bertz CT molecular complexity index is 2290. The van der Waals surface area contributed by atoms with Crippen molar-refractivity contribution in [3.8, 4) is 22.9 Å². The molecule has 2 aliphatic rings. The number of hydrogen-bond acceptors (Lipinski definition) is 2. The fourth-order valence-electron chi connectivity index (χ4n) is 7.60. The van der Waals surface area contributed by atoms with Gasteiger partial charge in [0.2, 0.25) is 0 Å². The first-order valence-corrected chi connectivity index (χ1v) is 15.9. The predicted molar refractivity (Wildman–Crippen MR) is 190 cm³/mol. The largest absolute Gasteiger partial charge is 0.453 e. The summed E-state index contributed by atoms with van der Waals surface area (Å²) in [5.74, 6) is 1.73. The van der Waals surface area contributed by atoms with Gasteiger partial charge in [0.25, 0.3) is 0 Å². The first kappa shape index (κ1) is 25.3. The van der Waals surface area contributed by atoms with Crippen LogP contribution in [-0.2, 0) is 0 Å². The molecule has 0 bridgehead atoms. The maximum atomic E-state index is 6.69. The molecule has 10 rings (SSSR count). The number of anilines is 2. The molecule has 0 fully saturated rings. The number of aromatic nitrogens is 2. The van der Waals surface area contributed by atoms with Crippen LogP contribution in [0.4, 0.5) is 11.4 Å². The van der Waals surface area contributed by atoms with Crippen molar-refractivity contribution in [2.75, 3.05) is 4.90 Å². The lowest BCUT2D eigenvalue weighted by Gasteiger charge is -2.38. The molecule has 4 nitrogen and oxygen atoms in total. The lowest BCUT2D eigenvalue weighted by atomic mass is 10.0. The van der Waals surface area contributed by atoms with Gasteiger partial charge in [-0.25, -0.2) is 0 Å². The van der Waals surface area contributed by atoms with Gasteiger partial charge in [-0.2, -0.15) is 0 Å². The van der Waals surface area contributed by atoms with Gasteiger partial charge in [-0.05, 0) is 67.1 Å². The Balaban J connectivity index is 1.20. The Morgan fingerprint density at radius 1 is 0.478 bits per heavy atom. The third kappa shape index (κ3) is 3.61. The Kier molecular flexibility index (Phi) is 5.37. The average Bonchev–Trinajstić information content (AvgIpc) is 3.64. The number of fused-ring (bicyclic) bond motifs is 8. The molecule has 3 heterocycles. The first-order valence-electron chi connectivity index (χ1n) is 15.9. The third-order valence-electron chi connectivity index (χ3n) is 9.59. The monoisotopic (exact) mass is 591 g/mol. The van der Waals surface area contributed by atoms with E-state index in [0.29, 0.717) is 0 Å². The highest BCUT2D eigenvalue weighted by Gasteiger charge is 2.31. The van der Waals surface area contributed by atoms with Crippen molar-refractivity contribution in [1.82, 2.24) is 9.13 Å². The minimum atomic E-state index is 0.146. The topological polar surface area (TPSA) is 22.3 Å². The van der Waals surface area contributed by atoms with Crippen LogP contribution in [0.5, 0.6) is 11.5 Å². The fraction of sp³-hybridized carbons (Fsp3) is 0.0476. The van der Waals surface area contributed by atoms with Crippen LogP contribution >= 0.6 is 0 Å². The zero-order valence-electron chi connectivity index (χ0n) is 25.0. The quantitative estimate of drug-likeness (QED) is 0.204. The van der Waals surface area contributed by atoms with E-state index >= 15 is 0 Å². The highest BCUT2D eigenvalue weighted by molar-refractivity contribution is 6.10. The van der Waals surface area contributed by atoms with Gasteiger partial charge < -0.3 is 18.8 Å². The maximum absolute atomic E-state index is 6.69. The summed E-state index contributed by atoms with van der Waals surface area (Å²) in [6.07, 6.45) is 9.78. The first-order chi connectivity index (χ1) is 22.8. The smallest absolute Gasteiger partial charge is 0.151 e. The lowest BCUT2D eigenvalue weighted by molar-refractivity contribution is 0.469. The van der Waals surface area contributed by atoms with E-state index in [4.69, 9.17) is 4.74 Å². The lowest BCUT2D eigenvalue weighted by Crippen LogP contribution is -2.32. The Morgan fingerprint density at radius 3 is 1.33 bits per heavy atom. The number of para-hydroxylation sites is 4. The van der Waals surface area contributed by atoms with Crippen LogP contribution < -0.4 is 9.64 Å². The van der Waals surface area contributed by atoms with E-state index in [9.17, 15) is 0 Å². The third-order valence-corrected chi connectivity index (χ3v) is 9.59. The SMILES string of the molecule is C1=CCC(N2c3cc(-n4c5ccccc5c5ccccc54)ccc3Oc3ccc(-n4c5ccccc5c5ccccc54)cc32)C=C1. The highest BCUT2D eigenvalue weighted by atomic mass is 16.5. The minimum absolute atomic E-state index is 0.146. The number of allylic oxidation sites excluding steroid dienone is 2. The molecule has 2 aromatic heterocycles. The second kappa shape index (κ2) is 9.75. The molecule has 0 spiro atoms. The molecule has 218 valence electrons. The van der Waals surface area contributed by atoms with Crippen molar-refractivity contribution in [2.24, 2.45) is 0 Å². The van der Waals surface area contributed by atoms with Crippen LogP contribution in [0.15, 0.2) is 158 Å². The number of hydrogen-bond donors (Lipinski definition) is 0. The summed E-state index contributed by atoms with van der Waals surface area (Å²) in [5, 5.41) is 5.02. The van der Waals surface area contributed by atoms with E-state index in [-0.39, 0.29) is 6.04 Å². The summed E-state index contributed by atoms with van der Waals surface area (Å²) in [6, 6.07) is 48.1. The van der Waals surface area contributed by atoms with Crippen molar-refractivity contribution in [2.45, 2.75) is 12.5 Å². The van der Waals surface area contributed by atoms with Crippen molar-refractivity contribution in [3.05, 3.63) is 158 Å². The Hall–Kier alpha value is -6.00. The number of rotatable bonds is 3. The summed E-state index contributed by atoms with van der Waals surface area (Å²) >= 11 is 0. The van der Waals surface area contributed by atoms with Crippen LogP contribution in [0, 0.1) is 0 Å². The zero-order valence-corrected chi connectivity index (χ0v) is 25.0. The second-order valence-electron chi connectivity index (χ2n) is 12.1. The maximum Gasteiger partial charge on any atom is 0.151 e. The molecular weight excluding hydrogens is 562 g/mol. The average molecular weight is 592 g/mol. The van der Waals surface area contributed by atoms with E-state index < -0.39 is 0 Å². The molecule has 8 aromatic rings. The van der Waals surface area contributed by atoms with Crippen LogP contribution in [0.25, 0.3) is 55.0 Å². The molecule has 6 aromatic carbocycles. The van der Waals surface area contributed by atoms with Crippen molar-refractivity contribution < 1.29 is 4.74 Å². The van der Waals surface area contributed by atoms with E-state index in [0.717, 1.165) is 40.7 Å². The van der Waals surface area contributed by atoms with Gasteiger partial charge in [-0.3, -0.25) is 0 Å². The minimum Gasteiger partial charge on any atom is -0.453 e. The Labute approximate surface area is 266 Å². The highest BCUT2D eigenvalue weighted by Crippen LogP contribution is 2.50. The summed E-state index contributed by atoms with van der Waals surface area (Å²) in [6.45, 7) is 0. The summed E-state index contributed by atoms with van der Waals surface area (Å²) in [5.41, 5.74) is 9.14. The van der Waals surface area contributed by atoms with Crippen molar-refractivity contribution in [3.63, 3.8) is 0 Å². The molecule has 0 radical (unpaired) electrons. The van der Waals surface area contributed by atoms with Gasteiger partial charge in [0.1, 0.15) is 0 Å². The normalized spacial score (nSPS) is 15.5. The number of benzene rings is 6. The van der Waals surface area contributed by atoms with E-state index in [1.807, 2.05) is 0 Å². The molecule has 1 atom stereocenters. The molecule has 46 heavy (non-hydrogen) atoms. The van der Waals surface area contributed by atoms with E-state index in [1.165, 1.54) is 43.6 Å². The molecular formula is C42H29N3O. The molecule has 0 amide bonds. The van der Waals surface area contributed by atoms with Crippen LogP contribution in [0.2, 0.25) is 0 Å². The molecule has 4 heteroatoms. The number of ether oxygens (including phenoxy) is 1. The Morgan fingerprint density at radius 2 is 0.913 bits per heavy atom. The summed E-state index contributed by atoms with van der Waals surface area (Å²) < 4.78 is 11.4. The van der Waals surface area contributed by atoms with Gasteiger partial charge in [0.15, 0.2) is 11.5 Å². The van der Waals surface area contributed by atoms with Crippen molar-refractivity contribution >= 4 is 55.0 Å². The molecule has 1 unspecified atom stereocenters. The molecule has 0 saturated heterocycles. The van der Waals surface area contributed by atoms with Gasteiger partial charge >= 0.3 is 0 Å². The van der Waals surface area contributed by atoms with Gasteiger partial charge in [0, 0.05) is 32.9 Å². The molecule has 1 aliphatic heterocycles.